The van der Waals surface area contributed by atoms with E-state index in [2.05, 4.69) is 158 Å². The third-order valence-corrected chi connectivity index (χ3v) is 23.4. The van der Waals surface area contributed by atoms with Crippen LogP contribution in [0.3, 0.4) is 0 Å². The van der Waals surface area contributed by atoms with Crippen molar-refractivity contribution in [2.24, 2.45) is 13.0 Å². The molecule has 15 rings (SSSR count). The number of likely N-dealkylation sites (N-methyl/N-ethyl adjacent to an activating group) is 2. The molecule has 0 aromatic carbocycles. The van der Waals surface area contributed by atoms with E-state index in [0.29, 0.717) is 35.5 Å². The third kappa shape index (κ3) is 46.8. The second kappa shape index (κ2) is 66.5. The van der Waals surface area contributed by atoms with Crippen LogP contribution < -0.4 is 85.3 Å². The number of nitrogens with one attached hydrogen (secondary N) is 15. The summed E-state index contributed by atoms with van der Waals surface area (Å²) in [4.78, 5) is 92.1. The van der Waals surface area contributed by atoms with E-state index in [1.54, 1.807) is 112 Å². The third-order valence-electron chi connectivity index (χ3n) is 23.4. The summed E-state index contributed by atoms with van der Waals surface area (Å²) in [6.07, 6.45) is 42.6. The molecule has 2 saturated carbocycles. The lowest BCUT2D eigenvalue weighted by atomic mass is 9.91. The van der Waals surface area contributed by atoms with Crippen molar-refractivity contribution in [1.29, 1.82) is 0 Å². The maximum Gasteiger partial charge on any atom is 0.255 e. The maximum atomic E-state index is 12.1. The molecular formula is C94H163N31O5. The normalized spacial score (nSPS) is 18.2. The summed E-state index contributed by atoms with van der Waals surface area (Å²) in [5, 5.41) is 59.1. The molecule has 2 aliphatic carbocycles. The Bertz CT molecular complexity index is 3900. The lowest BCUT2D eigenvalue weighted by Gasteiger charge is -2.33. The van der Waals surface area contributed by atoms with E-state index < -0.39 is 0 Å². The molecule has 15 N–H and O–H groups in total. The number of aryl methyl sites for hydroxylation is 1. The van der Waals surface area contributed by atoms with Gasteiger partial charge in [0.25, 0.3) is 11.8 Å². The SMILES string of the molecule is CNC(C)C(=O)N1CCCCC1.CNC1CCCC(NCC2CC2)C1.CNC1CCN(C(=O)C2CCCN2)CC1.CNC1CCN(C(=O)c2cccnc2)CC1.CNC1CCN(C(=O)c2ccncc2)CC1.CNCCN1CCNCC1.CNc1ccc(=O)n(C)c1.CNc1ccncn1.CNc1ccnnc1.CNc1cnn(CCNC(C)(C)C)c1.CNc1ncccn1. The lowest BCUT2D eigenvalue weighted by molar-refractivity contribution is -0.134. The summed E-state index contributed by atoms with van der Waals surface area (Å²) in [6.45, 7) is 26.6. The number of hydrogen-bond donors (Lipinski definition) is 15. The van der Waals surface area contributed by atoms with Crippen molar-refractivity contribution in [3.63, 3.8) is 0 Å². The number of likely N-dealkylation sites (tertiary alicyclic amines) is 4. The number of piperidine rings is 4. The summed E-state index contributed by atoms with van der Waals surface area (Å²) < 4.78 is 3.47. The van der Waals surface area contributed by atoms with Crippen LogP contribution in [0.1, 0.15) is 158 Å². The monoisotopic (exact) mass is 1810 g/mol. The molecule has 6 aliphatic heterocycles. The standard InChI is InChI=1S/2C12H17N3O.C11H21N3O.C11H22N2.C10H20N4.C9H18N2O.C7H17N3.C7H10N2O.3C5H7N3/c1-13-11-4-8-15(9-5-11)12(16)10-2-6-14-7-3-10;1-13-11-4-7-15(8-5-11)12(16)10-3-2-6-14-9-10;1-12-9-4-7-14(8-5-9)11(15)10-3-2-6-13-10;1-12-10-3-2-4-11(7-10)13-8-9-5-6-9;1-10(2,3)12-5-6-14-8-9(11-4)7-13-14;1-8(10-2)9(12)11-6-4-3-5-7-11;1-8-2-5-10-6-3-9-4-7-10;1-8-6-3-4-7(10)9(2)5-6;1-6-5-2-3-7-4-8-5;1-6-5-2-3-7-8-4-5;1-6-5-7-3-2-4-8-5/h2-3,6-7,11,13H,4-5,8-9H2,1H3;2-3,6,9,11,13H,4-5,7-8H2,1H3;9-10,12-13H,2-8H2,1H3;9-13H,2-8H2,1H3;7-8,11-12H,5-6H2,1-4H3;8,10H,3-7H2,1-2H3;8-9H,2-7H2,1H3;3-5,8H,1-2H3;2-4H,1H3,(H,6,7,8);2-4H,1H3,(H,6,7);2-4H,1H3,(H,6,7,8). The van der Waals surface area contributed by atoms with Crippen molar-refractivity contribution in [2.45, 2.75) is 191 Å². The second-order valence-electron chi connectivity index (χ2n) is 34.1. The minimum absolute atomic E-state index is 0.0130. The first-order valence-corrected chi connectivity index (χ1v) is 47.0. The Kier molecular flexibility index (Phi) is 56.6. The summed E-state index contributed by atoms with van der Waals surface area (Å²) in [5.41, 5.74) is 4.60. The highest BCUT2D eigenvalue weighted by Gasteiger charge is 2.31. The van der Waals surface area contributed by atoms with E-state index in [4.69, 9.17) is 0 Å². The molecule has 4 atom stereocenters. The van der Waals surface area contributed by atoms with Gasteiger partial charge in [-0.15, -0.1) is 0 Å². The van der Waals surface area contributed by atoms with Crippen molar-refractivity contribution in [3.8, 4) is 0 Å². The average Bonchev–Trinajstić information content (AvgIpc) is 1.14. The highest BCUT2D eigenvalue weighted by Crippen LogP contribution is 2.29. The molecule has 8 aliphatic rings. The minimum Gasteiger partial charge on any atom is -0.387 e. The molecule has 0 radical (unpaired) electrons. The number of carbonyl (C=O) groups is 4. The predicted octanol–water partition coefficient (Wildman–Crippen LogP) is 6.29. The van der Waals surface area contributed by atoms with Crippen LogP contribution in [-0.2, 0) is 23.2 Å². The number of anilines is 5. The van der Waals surface area contributed by atoms with Gasteiger partial charge in [0.1, 0.15) is 12.1 Å². The van der Waals surface area contributed by atoms with Crippen molar-refractivity contribution in [3.05, 3.63) is 157 Å². The Morgan fingerprint density at radius 1 is 0.485 bits per heavy atom. The fraction of sp³-hybridized carbons (Fsp3) is 0.638. The van der Waals surface area contributed by atoms with Crippen LogP contribution in [0, 0.1) is 5.92 Å². The number of hydrogen-bond acceptors (Lipinski definition) is 30. The van der Waals surface area contributed by atoms with Crippen LogP contribution in [0.2, 0.25) is 0 Å². The molecule has 8 fully saturated rings. The van der Waals surface area contributed by atoms with Gasteiger partial charge in [0, 0.05) is 244 Å². The fourth-order valence-electron chi connectivity index (χ4n) is 14.8. The topological polar surface area (TPSA) is 408 Å². The Labute approximate surface area is 776 Å². The van der Waals surface area contributed by atoms with Gasteiger partial charge in [0.15, 0.2) is 0 Å². The highest BCUT2D eigenvalue weighted by atomic mass is 16.2. The summed E-state index contributed by atoms with van der Waals surface area (Å²) in [6, 6.07) is 19.2. The van der Waals surface area contributed by atoms with E-state index in [1.165, 1.54) is 101 Å². The number of pyridine rings is 3. The van der Waals surface area contributed by atoms with Gasteiger partial charge in [-0.1, -0.05) is 6.42 Å². The molecule has 7 aromatic heterocycles. The Balaban J connectivity index is 0.000000255. The van der Waals surface area contributed by atoms with E-state index in [-0.39, 0.29) is 40.9 Å². The molecule has 36 heteroatoms. The lowest BCUT2D eigenvalue weighted by Crippen LogP contribution is -2.49. The van der Waals surface area contributed by atoms with Gasteiger partial charge in [0.05, 0.1) is 59.8 Å². The number of rotatable bonds is 23. The van der Waals surface area contributed by atoms with E-state index in [9.17, 15) is 24.0 Å². The van der Waals surface area contributed by atoms with Crippen LogP contribution >= 0.6 is 0 Å². The van der Waals surface area contributed by atoms with Crippen LogP contribution in [0.15, 0.2) is 140 Å². The molecule has 4 amide bonds. The Hall–Kier alpha value is -9.86. The largest absolute Gasteiger partial charge is 0.387 e. The molecule has 724 valence electrons. The summed E-state index contributed by atoms with van der Waals surface area (Å²) >= 11 is 0. The van der Waals surface area contributed by atoms with Gasteiger partial charge >= 0.3 is 0 Å². The van der Waals surface area contributed by atoms with E-state index in [1.807, 2.05) is 119 Å². The zero-order chi connectivity index (χ0) is 94.4. The van der Waals surface area contributed by atoms with E-state index in [0.717, 1.165) is 189 Å². The second-order valence-corrected chi connectivity index (χ2v) is 34.1. The predicted molar refractivity (Wildman–Crippen MR) is 528 cm³/mol. The van der Waals surface area contributed by atoms with Gasteiger partial charge in [-0.2, -0.15) is 15.3 Å². The van der Waals surface area contributed by atoms with Crippen LogP contribution in [0.4, 0.5) is 28.8 Å². The van der Waals surface area contributed by atoms with Gasteiger partial charge in [-0.05, 0) is 240 Å². The zero-order valence-corrected chi connectivity index (χ0v) is 81.3. The molecule has 13 heterocycles. The van der Waals surface area contributed by atoms with Gasteiger partial charge < -0.3 is 104 Å². The molecule has 130 heavy (non-hydrogen) atoms. The molecule has 0 bridgehead atoms. The molecule has 0 spiro atoms. The first kappa shape index (κ1) is 111. The Morgan fingerprint density at radius 3 is 1.57 bits per heavy atom. The van der Waals surface area contributed by atoms with Crippen LogP contribution in [-0.4, -0.2) is 339 Å². The summed E-state index contributed by atoms with van der Waals surface area (Å²) in [5.74, 6) is 3.32. The van der Waals surface area contributed by atoms with Crippen molar-refractivity contribution < 1.29 is 19.2 Å². The maximum absolute atomic E-state index is 12.1. The molecule has 36 nitrogen and oxygen atoms in total. The van der Waals surface area contributed by atoms with Gasteiger partial charge in [0.2, 0.25) is 23.3 Å². The number of amides is 4. The Morgan fingerprint density at radius 2 is 1.09 bits per heavy atom. The number of carbonyl (C=O) groups excluding carboxylic acids is 4. The number of aromatic nitrogens is 11. The molecule has 4 unspecified atom stereocenters. The molecule has 7 aromatic rings. The van der Waals surface area contributed by atoms with Crippen molar-refractivity contribution in [1.82, 2.24) is 132 Å². The van der Waals surface area contributed by atoms with Crippen molar-refractivity contribution >= 4 is 52.5 Å². The van der Waals surface area contributed by atoms with E-state index >= 15 is 0 Å². The summed E-state index contributed by atoms with van der Waals surface area (Å²) in [7, 11) is 22.8. The quantitative estimate of drug-likeness (QED) is 0.0334. The first-order valence-electron chi connectivity index (χ1n) is 47.0. The first-order chi connectivity index (χ1) is 63.0. The van der Waals surface area contributed by atoms with Gasteiger partial charge in [-0.25, -0.2) is 19.9 Å². The van der Waals surface area contributed by atoms with Crippen molar-refractivity contribution in [2.75, 3.05) is 215 Å². The fourth-order valence-corrected chi connectivity index (χ4v) is 14.8. The average molecular weight is 1810 g/mol. The van der Waals surface area contributed by atoms with Crippen LogP contribution in [0.5, 0.6) is 0 Å². The molecular weight excluding hydrogens is 1640 g/mol. The number of nitrogens with zero attached hydrogens (tertiary/aromatic N) is 16. The van der Waals surface area contributed by atoms with Crippen LogP contribution in [0.25, 0.3) is 0 Å². The highest BCUT2D eigenvalue weighted by molar-refractivity contribution is 5.94. The smallest absolute Gasteiger partial charge is 0.255 e. The number of piperazine rings is 1. The zero-order valence-electron chi connectivity index (χ0n) is 81.3. The minimum atomic E-state index is -0.0249. The molecule has 6 saturated heterocycles. The van der Waals surface area contributed by atoms with Gasteiger partial charge in [-0.3, -0.25) is 43.5 Å².